The van der Waals surface area contributed by atoms with Gasteiger partial charge in [0.15, 0.2) is 5.76 Å². The summed E-state index contributed by atoms with van der Waals surface area (Å²) in [6, 6.07) is 19.9. The lowest BCUT2D eigenvalue weighted by atomic mass is 10.0. The SMILES string of the molecule is COC(=O)c1ccc(COc2ccc3c(c2)OC(=CC2=Cc4ccccc4O[C@@H]2C)C3=O)cc1. The minimum absolute atomic E-state index is 0.174. The van der Waals surface area contributed by atoms with E-state index >= 15 is 0 Å². The van der Waals surface area contributed by atoms with Crippen LogP contribution in [0, 0.1) is 0 Å². The van der Waals surface area contributed by atoms with E-state index in [1.165, 1.54) is 7.11 Å². The van der Waals surface area contributed by atoms with Crippen molar-refractivity contribution in [3.63, 3.8) is 0 Å². The second-order valence-electron chi connectivity index (χ2n) is 8.02. The van der Waals surface area contributed by atoms with Crippen LogP contribution in [0.3, 0.4) is 0 Å². The van der Waals surface area contributed by atoms with E-state index in [4.69, 9.17) is 18.9 Å². The van der Waals surface area contributed by atoms with E-state index in [0.29, 0.717) is 29.2 Å². The number of hydrogen-bond acceptors (Lipinski definition) is 6. The molecule has 0 spiro atoms. The molecule has 2 aliphatic rings. The number of ether oxygens (including phenoxy) is 4. The van der Waals surface area contributed by atoms with Crippen LogP contribution in [0.2, 0.25) is 0 Å². The first-order valence-electron chi connectivity index (χ1n) is 10.9. The molecule has 5 rings (SSSR count). The van der Waals surface area contributed by atoms with Crippen molar-refractivity contribution in [3.05, 3.63) is 106 Å². The van der Waals surface area contributed by atoms with E-state index in [-0.39, 0.29) is 23.6 Å². The Morgan fingerprint density at radius 2 is 1.82 bits per heavy atom. The van der Waals surface area contributed by atoms with Crippen LogP contribution in [0.5, 0.6) is 17.2 Å². The molecule has 0 unspecified atom stereocenters. The molecule has 34 heavy (non-hydrogen) atoms. The molecule has 0 N–H and O–H groups in total. The Balaban J connectivity index is 1.30. The lowest BCUT2D eigenvalue weighted by Crippen LogP contribution is -2.18. The van der Waals surface area contributed by atoms with Gasteiger partial charge in [-0.3, -0.25) is 4.79 Å². The zero-order chi connectivity index (χ0) is 23.7. The summed E-state index contributed by atoms with van der Waals surface area (Å²) in [4.78, 5) is 24.4. The van der Waals surface area contributed by atoms with E-state index in [1.54, 1.807) is 48.5 Å². The summed E-state index contributed by atoms with van der Waals surface area (Å²) in [6.07, 6.45) is 3.55. The molecule has 3 aromatic rings. The maximum atomic E-state index is 12.9. The van der Waals surface area contributed by atoms with Crippen LogP contribution in [0.15, 0.2) is 84.1 Å². The molecule has 6 heteroatoms. The van der Waals surface area contributed by atoms with E-state index in [1.807, 2.05) is 37.3 Å². The first-order chi connectivity index (χ1) is 16.5. The van der Waals surface area contributed by atoms with Crippen molar-refractivity contribution in [2.75, 3.05) is 7.11 Å². The van der Waals surface area contributed by atoms with Crippen LogP contribution < -0.4 is 14.2 Å². The van der Waals surface area contributed by atoms with Gasteiger partial charge in [-0.05, 0) is 60.5 Å². The number of benzene rings is 3. The van der Waals surface area contributed by atoms with Gasteiger partial charge in [0.05, 0.1) is 18.2 Å². The van der Waals surface area contributed by atoms with Gasteiger partial charge in [-0.2, -0.15) is 0 Å². The molecule has 0 bridgehead atoms. The van der Waals surface area contributed by atoms with Gasteiger partial charge in [0.2, 0.25) is 5.78 Å². The van der Waals surface area contributed by atoms with Crippen molar-refractivity contribution in [3.8, 4) is 17.2 Å². The summed E-state index contributed by atoms with van der Waals surface area (Å²) in [5.74, 6) is 1.55. The molecule has 2 aliphatic heterocycles. The van der Waals surface area contributed by atoms with E-state index in [0.717, 1.165) is 22.4 Å². The topological polar surface area (TPSA) is 71.1 Å². The molecule has 1 atom stereocenters. The molecule has 2 heterocycles. The van der Waals surface area contributed by atoms with Crippen LogP contribution in [0.4, 0.5) is 0 Å². The lowest BCUT2D eigenvalue weighted by Gasteiger charge is -2.22. The lowest BCUT2D eigenvalue weighted by molar-refractivity contribution is 0.0600. The first kappa shape index (κ1) is 21.5. The van der Waals surface area contributed by atoms with Gasteiger partial charge in [-0.25, -0.2) is 4.79 Å². The number of allylic oxidation sites excluding steroid dienone is 1. The average molecular weight is 454 g/mol. The fourth-order valence-corrected chi connectivity index (χ4v) is 3.85. The van der Waals surface area contributed by atoms with Crippen molar-refractivity contribution < 1.29 is 28.5 Å². The Morgan fingerprint density at radius 3 is 2.62 bits per heavy atom. The number of carbonyl (C=O) groups is 2. The number of methoxy groups -OCH3 is 1. The first-order valence-corrected chi connectivity index (χ1v) is 10.9. The van der Waals surface area contributed by atoms with Crippen LogP contribution in [-0.4, -0.2) is 25.0 Å². The van der Waals surface area contributed by atoms with E-state index in [2.05, 4.69) is 0 Å². The van der Waals surface area contributed by atoms with Gasteiger partial charge >= 0.3 is 5.97 Å². The van der Waals surface area contributed by atoms with Gasteiger partial charge in [0.1, 0.15) is 30.0 Å². The van der Waals surface area contributed by atoms with Gasteiger partial charge in [-0.1, -0.05) is 30.3 Å². The summed E-state index contributed by atoms with van der Waals surface area (Å²) in [5, 5.41) is 0. The van der Waals surface area contributed by atoms with Crippen LogP contribution >= 0.6 is 0 Å². The highest BCUT2D eigenvalue weighted by Crippen LogP contribution is 2.36. The molecule has 0 saturated carbocycles. The number of carbonyl (C=O) groups excluding carboxylic acids is 2. The van der Waals surface area contributed by atoms with E-state index in [9.17, 15) is 9.59 Å². The zero-order valence-corrected chi connectivity index (χ0v) is 18.7. The number of ketones is 1. The van der Waals surface area contributed by atoms with Crippen LogP contribution in [0.1, 0.15) is 38.8 Å². The molecule has 0 aromatic heterocycles. The highest BCUT2D eigenvalue weighted by molar-refractivity contribution is 6.12. The number of para-hydroxylation sites is 1. The summed E-state index contributed by atoms with van der Waals surface area (Å²) < 4.78 is 22.4. The standard InChI is InChI=1S/C28H22O6/c1-17-21(13-20-5-3-4-6-24(20)33-17)14-26-27(29)23-12-11-22(15-25(23)34-26)32-16-18-7-9-19(10-8-18)28(30)31-2/h3-15,17H,16H2,1-2H3/t17-/m1/s1. The largest absolute Gasteiger partial charge is 0.489 e. The average Bonchev–Trinajstić information content (AvgIpc) is 3.17. The number of fused-ring (bicyclic) bond motifs is 2. The molecular weight excluding hydrogens is 432 g/mol. The molecular formula is C28H22O6. The van der Waals surface area contributed by atoms with Crippen LogP contribution in [-0.2, 0) is 11.3 Å². The second kappa shape index (κ2) is 8.90. The predicted molar refractivity (Wildman–Crippen MR) is 126 cm³/mol. The second-order valence-corrected chi connectivity index (χ2v) is 8.02. The molecule has 0 saturated heterocycles. The molecule has 0 amide bonds. The highest BCUT2D eigenvalue weighted by Gasteiger charge is 2.29. The van der Waals surface area contributed by atoms with Gasteiger partial charge in [0.25, 0.3) is 0 Å². The molecule has 0 radical (unpaired) electrons. The third kappa shape index (κ3) is 4.18. The maximum absolute atomic E-state index is 12.9. The van der Waals surface area contributed by atoms with Gasteiger partial charge < -0.3 is 18.9 Å². The summed E-state index contributed by atoms with van der Waals surface area (Å²) in [7, 11) is 1.35. The van der Waals surface area contributed by atoms with Gasteiger partial charge in [-0.15, -0.1) is 0 Å². The van der Waals surface area contributed by atoms with Crippen LogP contribution in [0.25, 0.3) is 6.08 Å². The smallest absolute Gasteiger partial charge is 0.337 e. The Morgan fingerprint density at radius 1 is 1.03 bits per heavy atom. The molecule has 6 nitrogen and oxygen atoms in total. The minimum atomic E-state index is -0.383. The van der Waals surface area contributed by atoms with E-state index < -0.39 is 0 Å². The third-order valence-electron chi connectivity index (χ3n) is 5.73. The Labute approximate surface area is 197 Å². The summed E-state index contributed by atoms with van der Waals surface area (Å²) in [6.45, 7) is 2.24. The molecule has 3 aromatic carbocycles. The monoisotopic (exact) mass is 454 g/mol. The molecule has 170 valence electrons. The molecule has 0 fully saturated rings. The van der Waals surface area contributed by atoms with Crippen molar-refractivity contribution in [1.82, 2.24) is 0 Å². The quantitative estimate of drug-likeness (QED) is 0.381. The zero-order valence-electron chi connectivity index (χ0n) is 18.7. The predicted octanol–water partition coefficient (Wildman–Crippen LogP) is 5.38. The fourth-order valence-electron chi connectivity index (χ4n) is 3.85. The molecule has 0 aliphatic carbocycles. The minimum Gasteiger partial charge on any atom is -0.489 e. The number of esters is 1. The summed E-state index contributed by atoms with van der Waals surface area (Å²) >= 11 is 0. The van der Waals surface area contributed by atoms with Crippen molar-refractivity contribution in [2.45, 2.75) is 19.6 Å². The number of Topliss-reactive ketones (excluding diaryl/α,β-unsaturated/α-hetero) is 1. The fraction of sp³-hybridized carbons (Fsp3) is 0.143. The van der Waals surface area contributed by atoms with Crippen molar-refractivity contribution in [1.29, 1.82) is 0 Å². The Hall–Kier alpha value is -4.32. The van der Waals surface area contributed by atoms with Gasteiger partial charge in [0, 0.05) is 11.6 Å². The number of rotatable bonds is 5. The Bertz CT molecular complexity index is 1330. The summed E-state index contributed by atoms with van der Waals surface area (Å²) in [5.41, 5.74) is 3.69. The van der Waals surface area contributed by atoms with Crippen molar-refractivity contribution in [2.24, 2.45) is 0 Å². The highest BCUT2D eigenvalue weighted by atomic mass is 16.5. The Kier molecular flexibility index (Phi) is 5.64. The third-order valence-corrected chi connectivity index (χ3v) is 5.73. The van der Waals surface area contributed by atoms with Crippen molar-refractivity contribution >= 4 is 17.8 Å². The maximum Gasteiger partial charge on any atom is 0.337 e. The normalized spacial score (nSPS) is 17.2. The number of hydrogen-bond donors (Lipinski definition) is 0.